The van der Waals surface area contributed by atoms with Crippen molar-refractivity contribution in [1.29, 1.82) is 0 Å². The summed E-state index contributed by atoms with van der Waals surface area (Å²) in [5.74, 6) is -1.46. The van der Waals surface area contributed by atoms with Crippen molar-refractivity contribution < 1.29 is 14.9 Å². The lowest BCUT2D eigenvalue weighted by Crippen LogP contribution is -1.97. The fourth-order valence-electron chi connectivity index (χ4n) is 1.57. The van der Waals surface area contributed by atoms with Crippen LogP contribution in [0, 0.1) is 0 Å². The molecule has 0 aromatic heterocycles. The van der Waals surface area contributed by atoms with Crippen molar-refractivity contribution in [3.63, 3.8) is 0 Å². The second-order valence-electron chi connectivity index (χ2n) is 4.17. The van der Waals surface area contributed by atoms with Crippen LogP contribution in [0.15, 0.2) is 0 Å². The molecule has 0 bridgehead atoms. The van der Waals surface area contributed by atoms with Crippen molar-refractivity contribution in [2.75, 3.05) is 11.5 Å². The molecular weight excluding hydrogens is 433 g/mol. The predicted molar refractivity (Wildman–Crippen MR) is 95.2 cm³/mol. The smallest absolute Gasteiger partial charge is 0.168 e. The molecule has 5 nitrogen and oxygen atoms in total. The number of halogens is 6. The molecule has 0 unspecified atom stereocenters. The first-order valence-corrected chi connectivity index (χ1v) is 7.83. The van der Waals surface area contributed by atoms with Crippen LogP contribution in [0.25, 0.3) is 0 Å². The number of anilines is 2. The summed E-state index contributed by atoms with van der Waals surface area (Å²) in [6, 6.07) is 0. The molecule has 11 heteroatoms. The van der Waals surface area contributed by atoms with Gasteiger partial charge in [0.2, 0.25) is 0 Å². The number of nitrogen functional groups attached to an aromatic ring is 2. The van der Waals surface area contributed by atoms with Crippen molar-refractivity contribution >= 4 is 81.0 Å². The maximum atomic E-state index is 9.68. The number of aromatic hydroxyl groups is 2. The molecule has 0 heterocycles. The average molecular weight is 439 g/mol. The third-order valence-electron chi connectivity index (χ3n) is 2.79. The maximum Gasteiger partial charge on any atom is 0.168 e. The third-order valence-corrected chi connectivity index (χ3v) is 5.19. The van der Waals surface area contributed by atoms with Crippen molar-refractivity contribution in [3.05, 3.63) is 30.1 Å². The summed E-state index contributed by atoms with van der Waals surface area (Å²) in [5, 5.41) is 17.9. The first kappa shape index (κ1) is 18.5. The van der Waals surface area contributed by atoms with Gasteiger partial charge < -0.3 is 26.4 Å². The maximum absolute atomic E-state index is 9.68. The Labute approximate surface area is 160 Å². The van der Waals surface area contributed by atoms with Crippen molar-refractivity contribution in [1.82, 2.24) is 0 Å². The van der Waals surface area contributed by atoms with Crippen LogP contribution in [0.4, 0.5) is 11.4 Å². The van der Waals surface area contributed by atoms with Crippen molar-refractivity contribution in [2.24, 2.45) is 0 Å². The molecule has 2 rings (SSSR count). The first-order chi connectivity index (χ1) is 10.6. The van der Waals surface area contributed by atoms with E-state index in [0.717, 1.165) is 0 Å². The minimum absolute atomic E-state index is 0.224. The van der Waals surface area contributed by atoms with Gasteiger partial charge in [-0.3, -0.25) is 0 Å². The molecule has 0 radical (unpaired) electrons. The highest BCUT2D eigenvalue weighted by Crippen LogP contribution is 2.54. The van der Waals surface area contributed by atoms with Crippen LogP contribution >= 0.6 is 69.6 Å². The van der Waals surface area contributed by atoms with Gasteiger partial charge in [-0.05, 0) is 0 Å². The zero-order valence-corrected chi connectivity index (χ0v) is 15.3. The second kappa shape index (κ2) is 6.59. The average Bonchev–Trinajstić information content (AvgIpc) is 2.54. The molecule has 0 aliphatic carbocycles. The van der Waals surface area contributed by atoms with Gasteiger partial charge in [-0.2, -0.15) is 0 Å². The number of phenolic OH excluding ortho intramolecular Hbond substituents is 2. The molecule has 0 fully saturated rings. The molecule has 0 saturated heterocycles. The fourth-order valence-corrected chi connectivity index (χ4v) is 2.93. The van der Waals surface area contributed by atoms with E-state index in [1.165, 1.54) is 0 Å². The van der Waals surface area contributed by atoms with E-state index < -0.39 is 11.5 Å². The topological polar surface area (TPSA) is 102 Å². The Bertz CT molecular complexity index is 702. The van der Waals surface area contributed by atoms with Gasteiger partial charge in [0, 0.05) is 0 Å². The largest absolute Gasteiger partial charge is 0.504 e. The normalized spacial score (nSPS) is 10.9. The van der Waals surface area contributed by atoms with Crippen LogP contribution in [0.1, 0.15) is 0 Å². The Morgan fingerprint density at radius 1 is 0.565 bits per heavy atom. The lowest BCUT2D eigenvalue weighted by Gasteiger charge is -2.17. The zero-order valence-electron chi connectivity index (χ0n) is 10.7. The highest BCUT2D eigenvalue weighted by molar-refractivity contribution is 6.48. The first-order valence-electron chi connectivity index (χ1n) is 5.57. The van der Waals surface area contributed by atoms with E-state index in [1.54, 1.807) is 0 Å². The lowest BCUT2D eigenvalue weighted by molar-refractivity contribution is 0.463. The van der Waals surface area contributed by atoms with E-state index >= 15 is 0 Å². The minimum Gasteiger partial charge on any atom is -0.504 e. The third kappa shape index (κ3) is 2.97. The molecule has 124 valence electrons. The molecule has 0 aliphatic rings. The van der Waals surface area contributed by atoms with Crippen LogP contribution < -0.4 is 16.2 Å². The van der Waals surface area contributed by atoms with Crippen molar-refractivity contribution in [2.45, 2.75) is 0 Å². The number of rotatable bonds is 2. The standard InChI is InChI=1S/C12H6Cl6N2O3/c13-1-3(15)11(5(17)7(19)9(1)21)23-12-4(16)2(14)10(22)8(20)6(12)18/h21-22H,19-20H2. The van der Waals surface area contributed by atoms with Gasteiger partial charge in [0.05, 0.1) is 11.4 Å². The Kier molecular flexibility index (Phi) is 5.31. The van der Waals surface area contributed by atoms with E-state index in [4.69, 9.17) is 85.8 Å². The van der Waals surface area contributed by atoms with Crippen LogP contribution in [0.5, 0.6) is 23.0 Å². The molecule has 0 saturated carbocycles. The summed E-state index contributed by atoms with van der Waals surface area (Å²) < 4.78 is 5.46. The van der Waals surface area contributed by atoms with Crippen LogP contribution in [0.3, 0.4) is 0 Å². The van der Waals surface area contributed by atoms with E-state index in [9.17, 15) is 10.2 Å². The number of hydrogen-bond acceptors (Lipinski definition) is 5. The number of phenols is 2. The van der Waals surface area contributed by atoms with Crippen molar-refractivity contribution in [3.8, 4) is 23.0 Å². The fraction of sp³-hybridized carbons (Fsp3) is 0. The van der Waals surface area contributed by atoms with Gasteiger partial charge in [-0.1, -0.05) is 69.6 Å². The molecule has 0 aliphatic heterocycles. The van der Waals surface area contributed by atoms with Gasteiger partial charge in [0.15, 0.2) is 23.0 Å². The van der Waals surface area contributed by atoms with E-state index in [1.807, 2.05) is 0 Å². The monoisotopic (exact) mass is 436 g/mol. The predicted octanol–water partition coefficient (Wildman–Crippen LogP) is 5.97. The Hall–Kier alpha value is -0.820. The van der Waals surface area contributed by atoms with Gasteiger partial charge in [0.1, 0.15) is 30.1 Å². The molecule has 0 amide bonds. The number of ether oxygens (including phenoxy) is 1. The van der Waals surface area contributed by atoms with E-state index in [0.29, 0.717) is 0 Å². The quantitative estimate of drug-likeness (QED) is 0.262. The molecular formula is C12H6Cl6N2O3. The van der Waals surface area contributed by atoms with Crippen LogP contribution in [0.2, 0.25) is 30.1 Å². The summed E-state index contributed by atoms with van der Waals surface area (Å²) >= 11 is 35.6. The van der Waals surface area contributed by atoms with Gasteiger partial charge >= 0.3 is 0 Å². The lowest BCUT2D eigenvalue weighted by atomic mass is 10.2. The molecule has 6 N–H and O–H groups in total. The highest BCUT2D eigenvalue weighted by atomic mass is 35.5. The molecule has 2 aromatic carbocycles. The molecule has 0 atom stereocenters. The second-order valence-corrected chi connectivity index (χ2v) is 6.44. The Morgan fingerprint density at radius 2 is 0.870 bits per heavy atom. The summed E-state index contributed by atoms with van der Waals surface area (Å²) in [7, 11) is 0. The Morgan fingerprint density at radius 3 is 1.17 bits per heavy atom. The summed E-state index contributed by atoms with van der Waals surface area (Å²) in [6.07, 6.45) is 0. The molecule has 2 aromatic rings. The number of benzene rings is 2. The van der Waals surface area contributed by atoms with Gasteiger partial charge in [-0.15, -0.1) is 0 Å². The number of hydrogen-bond donors (Lipinski definition) is 4. The molecule has 0 spiro atoms. The minimum atomic E-state index is -0.505. The SMILES string of the molecule is Nc1c(O)c(Cl)c(Cl)c(Oc2c(Cl)c(N)c(O)c(Cl)c2Cl)c1Cl. The molecule has 23 heavy (non-hydrogen) atoms. The van der Waals surface area contributed by atoms with Gasteiger partial charge in [-0.25, -0.2) is 0 Å². The van der Waals surface area contributed by atoms with E-state index in [-0.39, 0.29) is 53.0 Å². The van der Waals surface area contributed by atoms with Crippen LogP contribution in [-0.4, -0.2) is 10.2 Å². The summed E-state index contributed by atoms with van der Waals surface area (Å²) in [6.45, 7) is 0. The Balaban J connectivity index is 2.71. The highest BCUT2D eigenvalue weighted by Gasteiger charge is 2.26. The zero-order chi connectivity index (χ0) is 17.6. The summed E-state index contributed by atoms with van der Waals surface area (Å²) in [4.78, 5) is 0. The van der Waals surface area contributed by atoms with Crippen LogP contribution in [-0.2, 0) is 0 Å². The summed E-state index contributed by atoms with van der Waals surface area (Å²) in [5.41, 5.74) is 10.7. The van der Waals surface area contributed by atoms with Gasteiger partial charge in [0.25, 0.3) is 0 Å². The number of nitrogens with two attached hydrogens (primary N) is 2. The van der Waals surface area contributed by atoms with E-state index in [2.05, 4.69) is 0 Å².